The molecule has 0 aliphatic heterocycles. The Labute approximate surface area is 187 Å². The summed E-state index contributed by atoms with van der Waals surface area (Å²) in [6.45, 7) is 0. The standard InChI is InChI=1S/C21H18N4O8/c1-30-15-4-6-16(7-5-15)33-19-17(25(28)29)18(22-11-23-19)24-14-9-12(20(26)31-2)8-13(10-14)21(27)32-3/h4-11H,1-3H3,(H,22,23,24). The van der Waals surface area contributed by atoms with Crippen LogP contribution < -0.4 is 14.8 Å². The number of methoxy groups -OCH3 is 3. The highest BCUT2D eigenvalue weighted by Gasteiger charge is 2.26. The van der Waals surface area contributed by atoms with Crippen molar-refractivity contribution in [2.45, 2.75) is 0 Å². The molecule has 0 amide bonds. The zero-order chi connectivity index (χ0) is 24.0. The van der Waals surface area contributed by atoms with Crippen LogP contribution in [-0.2, 0) is 9.47 Å². The number of esters is 2. The average molecular weight is 454 g/mol. The summed E-state index contributed by atoms with van der Waals surface area (Å²) in [4.78, 5) is 42.9. The van der Waals surface area contributed by atoms with E-state index in [1.165, 1.54) is 39.5 Å². The van der Waals surface area contributed by atoms with Crippen molar-refractivity contribution >= 4 is 29.1 Å². The topological polar surface area (TPSA) is 152 Å². The fourth-order valence-corrected chi connectivity index (χ4v) is 2.76. The Bertz CT molecular complexity index is 1160. The molecule has 3 aromatic rings. The Morgan fingerprint density at radius 3 is 2.00 bits per heavy atom. The lowest BCUT2D eigenvalue weighted by Crippen LogP contribution is -2.09. The molecule has 0 aliphatic carbocycles. The number of carbonyl (C=O) groups is 2. The molecule has 0 atom stereocenters. The van der Waals surface area contributed by atoms with Crippen LogP contribution in [0.3, 0.4) is 0 Å². The van der Waals surface area contributed by atoms with E-state index >= 15 is 0 Å². The van der Waals surface area contributed by atoms with E-state index in [2.05, 4.69) is 15.3 Å². The number of nitrogens with one attached hydrogen (secondary N) is 1. The van der Waals surface area contributed by atoms with Crippen LogP contribution in [0.2, 0.25) is 0 Å². The lowest BCUT2D eigenvalue weighted by atomic mass is 10.1. The molecule has 0 radical (unpaired) electrons. The highest BCUT2D eigenvalue weighted by atomic mass is 16.6. The van der Waals surface area contributed by atoms with Gasteiger partial charge in [-0.3, -0.25) is 10.1 Å². The van der Waals surface area contributed by atoms with Gasteiger partial charge in [-0.2, -0.15) is 4.98 Å². The number of carbonyl (C=O) groups excluding carboxylic acids is 2. The molecule has 2 aromatic carbocycles. The van der Waals surface area contributed by atoms with Crippen molar-refractivity contribution in [2.24, 2.45) is 0 Å². The fraction of sp³-hybridized carbons (Fsp3) is 0.143. The first-order chi connectivity index (χ1) is 15.9. The van der Waals surface area contributed by atoms with Crippen molar-refractivity contribution in [3.8, 4) is 17.4 Å². The molecule has 170 valence electrons. The number of nitrogens with zero attached hydrogens (tertiary/aromatic N) is 3. The largest absolute Gasteiger partial charge is 0.497 e. The molecule has 0 aliphatic rings. The minimum atomic E-state index is -0.718. The SMILES string of the molecule is COC(=O)c1cc(Nc2ncnc(Oc3ccc(OC)cc3)c2[N+](=O)[O-])cc(C(=O)OC)c1. The number of aromatic nitrogens is 2. The van der Waals surface area contributed by atoms with E-state index in [9.17, 15) is 19.7 Å². The third-order valence-corrected chi connectivity index (χ3v) is 4.28. The fourth-order valence-electron chi connectivity index (χ4n) is 2.76. The number of benzene rings is 2. The molecule has 1 heterocycles. The molecule has 1 N–H and O–H groups in total. The first-order valence-corrected chi connectivity index (χ1v) is 9.26. The summed E-state index contributed by atoms with van der Waals surface area (Å²) in [5.41, 5.74) is -0.365. The number of anilines is 2. The molecular formula is C21H18N4O8. The summed E-state index contributed by atoms with van der Waals surface area (Å²) in [5, 5.41) is 14.5. The maximum atomic E-state index is 12.0. The predicted octanol–water partition coefficient (Wildman–Crippen LogP) is 3.50. The van der Waals surface area contributed by atoms with Crippen molar-refractivity contribution in [3.05, 3.63) is 70.0 Å². The van der Waals surface area contributed by atoms with Crippen LogP contribution >= 0.6 is 0 Å². The lowest BCUT2D eigenvalue weighted by Gasteiger charge is -2.11. The molecule has 1 aromatic heterocycles. The summed E-state index contributed by atoms with van der Waals surface area (Å²) in [6.07, 6.45) is 1.07. The Morgan fingerprint density at radius 2 is 1.48 bits per heavy atom. The molecule has 0 unspecified atom stereocenters. The van der Waals surface area contributed by atoms with Gasteiger partial charge in [0.15, 0.2) is 0 Å². The zero-order valence-electron chi connectivity index (χ0n) is 17.7. The molecule has 3 rings (SSSR count). The Kier molecular flexibility index (Phi) is 6.98. The molecule has 0 saturated carbocycles. The lowest BCUT2D eigenvalue weighted by molar-refractivity contribution is -0.385. The monoisotopic (exact) mass is 454 g/mol. The molecule has 12 heteroatoms. The molecular weight excluding hydrogens is 436 g/mol. The van der Waals surface area contributed by atoms with E-state index in [1.807, 2.05) is 0 Å². The van der Waals surface area contributed by atoms with E-state index in [0.717, 1.165) is 6.33 Å². The van der Waals surface area contributed by atoms with Gasteiger partial charge in [0.25, 0.3) is 0 Å². The van der Waals surface area contributed by atoms with E-state index in [-0.39, 0.29) is 34.3 Å². The van der Waals surface area contributed by atoms with Gasteiger partial charge in [-0.05, 0) is 42.5 Å². The maximum absolute atomic E-state index is 12.0. The van der Waals surface area contributed by atoms with Crippen LogP contribution in [0.1, 0.15) is 20.7 Å². The second-order valence-electron chi connectivity index (χ2n) is 6.32. The van der Waals surface area contributed by atoms with Gasteiger partial charge in [0.2, 0.25) is 5.82 Å². The second-order valence-corrected chi connectivity index (χ2v) is 6.32. The van der Waals surface area contributed by atoms with E-state index < -0.39 is 22.5 Å². The zero-order valence-corrected chi connectivity index (χ0v) is 17.7. The van der Waals surface area contributed by atoms with E-state index in [4.69, 9.17) is 18.9 Å². The Hall–Kier alpha value is -4.74. The second kappa shape index (κ2) is 10.0. The smallest absolute Gasteiger partial charge is 0.373 e. The summed E-state index contributed by atoms with van der Waals surface area (Å²) in [5.74, 6) is -1.12. The molecule has 12 nitrogen and oxygen atoms in total. The molecule has 33 heavy (non-hydrogen) atoms. The van der Waals surface area contributed by atoms with Crippen molar-refractivity contribution < 1.29 is 33.5 Å². The first kappa shape index (κ1) is 22.9. The van der Waals surface area contributed by atoms with Crippen molar-refractivity contribution in [1.82, 2.24) is 9.97 Å². The van der Waals surface area contributed by atoms with Crippen LogP contribution in [0.4, 0.5) is 17.2 Å². The Balaban J connectivity index is 2.01. The number of hydrogen-bond donors (Lipinski definition) is 1. The summed E-state index contributed by atoms with van der Waals surface area (Å²) >= 11 is 0. The average Bonchev–Trinajstić information content (AvgIpc) is 2.83. The quantitative estimate of drug-likeness (QED) is 0.302. The maximum Gasteiger partial charge on any atom is 0.373 e. The third-order valence-electron chi connectivity index (χ3n) is 4.28. The van der Waals surface area contributed by atoms with Gasteiger partial charge in [-0.25, -0.2) is 14.6 Å². The Morgan fingerprint density at radius 1 is 0.909 bits per heavy atom. The normalized spacial score (nSPS) is 10.2. The summed E-state index contributed by atoms with van der Waals surface area (Å²) in [7, 11) is 3.86. The van der Waals surface area contributed by atoms with Crippen LogP contribution in [0.15, 0.2) is 48.8 Å². The van der Waals surface area contributed by atoms with Crippen LogP contribution in [0, 0.1) is 10.1 Å². The minimum Gasteiger partial charge on any atom is -0.497 e. The van der Waals surface area contributed by atoms with E-state index in [0.29, 0.717) is 5.75 Å². The predicted molar refractivity (Wildman–Crippen MR) is 114 cm³/mol. The van der Waals surface area contributed by atoms with Gasteiger partial charge in [0, 0.05) is 5.69 Å². The van der Waals surface area contributed by atoms with Gasteiger partial charge in [0.05, 0.1) is 37.4 Å². The molecule has 0 fully saturated rings. The molecule has 0 spiro atoms. The number of rotatable bonds is 8. The highest BCUT2D eigenvalue weighted by molar-refractivity contribution is 5.97. The van der Waals surface area contributed by atoms with Crippen molar-refractivity contribution in [1.29, 1.82) is 0 Å². The molecule has 0 saturated heterocycles. The van der Waals surface area contributed by atoms with Crippen molar-refractivity contribution in [2.75, 3.05) is 26.6 Å². The summed E-state index contributed by atoms with van der Waals surface area (Å²) < 4.78 is 20.0. The van der Waals surface area contributed by atoms with Crippen LogP contribution in [0.5, 0.6) is 17.4 Å². The van der Waals surface area contributed by atoms with Crippen LogP contribution in [-0.4, -0.2) is 48.2 Å². The van der Waals surface area contributed by atoms with Gasteiger partial charge in [0.1, 0.15) is 17.8 Å². The van der Waals surface area contributed by atoms with E-state index in [1.54, 1.807) is 24.3 Å². The number of hydrogen-bond acceptors (Lipinski definition) is 11. The highest BCUT2D eigenvalue weighted by Crippen LogP contribution is 2.36. The summed E-state index contributed by atoms with van der Waals surface area (Å²) in [6, 6.07) is 10.3. The van der Waals surface area contributed by atoms with Gasteiger partial charge < -0.3 is 24.3 Å². The number of nitro groups is 1. The van der Waals surface area contributed by atoms with Gasteiger partial charge in [-0.15, -0.1) is 0 Å². The first-order valence-electron chi connectivity index (χ1n) is 9.26. The van der Waals surface area contributed by atoms with Crippen molar-refractivity contribution in [3.63, 3.8) is 0 Å². The third kappa shape index (κ3) is 5.31. The van der Waals surface area contributed by atoms with Gasteiger partial charge >= 0.3 is 23.5 Å². The molecule has 0 bridgehead atoms. The van der Waals surface area contributed by atoms with Crippen LogP contribution in [0.25, 0.3) is 0 Å². The van der Waals surface area contributed by atoms with Gasteiger partial charge in [-0.1, -0.05) is 0 Å². The number of ether oxygens (including phenoxy) is 4. The minimum absolute atomic E-state index is 0.0225.